The molecule has 0 heterocycles. The highest BCUT2D eigenvalue weighted by atomic mass is 35.5. The molecule has 1 unspecified atom stereocenters. The van der Waals surface area contributed by atoms with Crippen molar-refractivity contribution in [2.75, 3.05) is 0 Å². The number of carbonyl (C=O) groups excluding carboxylic acids is 1. The van der Waals surface area contributed by atoms with Gasteiger partial charge in [0, 0.05) is 11.6 Å². The summed E-state index contributed by atoms with van der Waals surface area (Å²) >= 11 is 5.89. The van der Waals surface area contributed by atoms with Crippen LogP contribution in [0.1, 0.15) is 12.5 Å². The van der Waals surface area contributed by atoms with Crippen molar-refractivity contribution in [3.8, 4) is 5.75 Å². The van der Waals surface area contributed by atoms with Gasteiger partial charge in [0.15, 0.2) is 6.10 Å². The summed E-state index contributed by atoms with van der Waals surface area (Å²) in [4.78, 5) is 11.9. The first-order valence-electron chi connectivity index (χ1n) is 6.39. The molecule has 2 aromatic rings. The molecule has 0 bridgehead atoms. The highest BCUT2D eigenvalue weighted by molar-refractivity contribution is 6.30. The first-order chi connectivity index (χ1) is 9.65. The number of carbonyl (C=O) groups is 1. The van der Waals surface area contributed by atoms with Crippen LogP contribution in [0.2, 0.25) is 5.02 Å². The molecule has 0 aromatic heterocycles. The lowest BCUT2D eigenvalue weighted by atomic mass is 10.2. The van der Waals surface area contributed by atoms with Crippen LogP contribution < -0.4 is 10.1 Å². The minimum Gasteiger partial charge on any atom is -0.481 e. The van der Waals surface area contributed by atoms with Crippen molar-refractivity contribution >= 4 is 17.5 Å². The zero-order valence-corrected chi connectivity index (χ0v) is 11.9. The van der Waals surface area contributed by atoms with Gasteiger partial charge in [-0.05, 0) is 36.8 Å². The molecular formula is C16H16ClNO2. The van der Waals surface area contributed by atoms with Crippen molar-refractivity contribution in [1.82, 2.24) is 5.32 Å². The maximum absolute atomic E-state index is 11.9. The largest absolute Gasteiger partial charge is 0.481 e. The third-order valence-corrected chi connectivity index (χ3v) is 3.02. The molecule has 0 saturated heterocycles. The summed E-state index contributed by atoms with van der Waals surface area (Å²) in [6.07, 6.45) is -0.545. The molecule has 0 spiro atoms. The lowest BCUT2D eigenvalue weighted by molar-refractivity contribution is -0.127. The third-order valence-electron chi connectivity index (χ3n) is 2.78. The molecule has 4 heteroatoms. The Kier molecular flexibility index (Phi) is 5.02. The molecule has 2 rings (SSSR count). The van der Waals surface area contributed by atoms with Crippen molar-refractivity contribution in [2.45, 2.75) is 19.6 Å². The fraction of sp³-hybridized carbons (Fsp3) is 0.188. The van der Waals surface area contributed by atoms with Crippen molar-refractivity contribution in [1.29, 1.82) is 0 Å². The summed E-state index contributed by atoms with van der Waals surface area (Å²) in [5.41, 5.74) is 0.956. The Balaban J connectivity index is 1.85. The number of halogens is 1. The van der Waals surface area contributed by atoms with E-state index in [0.717, 1.165) is 5.56 Å². The van der Waals surface area contributed by atoms with Gasteiger partial charge in [0.25, 0.3) is 5.91 Å². The SMILES string of the molecule is CC(Oc1ccccc1)C(=O)NCc1cccc(Cl)c1. The molecule has 0 fully saturated rings. The fourth-order valence-corrected chi connectivity index (χ4v) is 1.95. The Morgan fingerprint density at radius 3 is 2.65 bits per heavy atom. The molecule has 2 aromatic carbocycles. The Hall–Kier alpha value is -2.00. The van der Waals surface area contributed by atoms with Gasteiger partial charge in [-0.3, -0.25) is 4.79 Å². The van der Waals surface area contributed by atoms with Gasteiger partial charge in [-0.2, -0.15) is 0 Å². The number of para-hydroxylation sites is 1. The maximum atomic E-state index is 11.9. The van der Waals surface area contributed by atoms with Gasteiger partial charge in [0.2, 0.25) is 0 Å². The lowest BCUT2D eigenvalue weighted by Crippen LogP contribution is -2.35. The van der Waals surface area contributed by atoms with E-state index in [-0.39, 0.29) is 5.91 Å². The molecule has 0 aliphatic heterocycles. The molecule has 0 aliphatic carbocycles. The molecule has 1 atom stereocenters. The van der Waals surface area contributed by atoms with Gasteiger partial charge in [-0.15, -0.1) is 0 Å². The van der Waals surface area contributed by atoms with E-state index in [1.807, 2.05) is 48.5 Å². The van der Waals surface area contributed by atoms with Crippen molar-refractivity contribution in [2.24, 2.45) is 0 Å². The molecule has 1 N–H and O–H groups in total. The summed E-state index contributed by atoms with van der Waals surface area (Å²) in [7, 11) is 0. The van der Waals surface area contributed by atoms with Crippen LogP contribution in [-0.2, 0) is 11.3 Å². The van der Waals surface area contributed by atoms with Gasteiger partial charge in [0.1, 0.15) is 5.75 Å². The average molecular weight is 290 g/mol. The van der Waals surface area contributed by atoms with Gasteiger partial charge < -0.3 is 10.1 Å². The highest BCUT2D eigenvalue weighted by Gasteiger charge is 2.13. The quantitative estimate of drug-likeness (QED) is 0.916. The van der Waals surface area contributed by atoms with E-state index in [0.29, 0.717) is 17.3 Å². The van der Waals surface area contributed by atoms with Gasteiger partial charge in [-0.1, -0.05) is 41.9 Å². The molecule has 1 amide bonds. The van der Waals surface area contributed by atoms with Gasteiger partial charge in [0.05, 0.1) is 0 Å². The number of hydrogen-bond donors (Lipinski definition) is 1. The number of rotatable bonds is 5. The molecule has 3 nitrogen and oxygen atoms in total. The normalized spacial score (nSPS) is 11.7. The molecule has 0 saturated carbocycles. The number of ether oxygens (including phenoxy) is 1. The molecule has 20 heavy (non-hydrogen) atoms. The van der Waals surface area contributed by atoms with E-state index in [1.165, 1.54) is 0 Å². The number of nitrogens with one attached hydrogen (secondary N) is 1. The monoisotopic (exact) mass is 289 g/mol. The lowest BCUT2D eigenvalue weighted by Gasteiger charge is -2.14. The summed E-state index contributed by atoms with van der Waals surface area (Å²) in [5.74, 6) is 0.520. The van der Waals surface area contributed by atoms with Crippen LogP contribution in [0, 0.1) is 0 Å². The summed E-state index contributed by atoms with van der Waals surface area (Å²) in [6.45, 7) is 2.15. The summed E-state index contributed by atoms with van der Waals surface area (Å²) in [6, 6.07) is 16.7. The fourth-order valence-electron chi connectivity index (χ4n) is 1.74. The number of amides is 1. The minimum atomic E-state index is -0.545. The number of hydrogen-bond acceptors (Lipinski definition) is 2. The van der Waals surface area contributed by atoms with E-state index in [2.05, 4.69) is 5.32 Å². The van der Waals surface area contributed by atoms with E-state index >= 15 is 0 Å². The average Bonchev–Trinajstić information content (AvgIpc) is 2.46. The van der Waals surface area contributed by atoms with Crippen LogP contribution in [0.15, 0.2) is 54.6 Å². The van der Waals surface area contributed by atoms with E-state index in [1.54, 1.807) is 13.0 Å². The van der Waals surface area contributed by atoms with Crippen LogP contribution >= 0.6 is 11.6 Å². The van der Waals surface area contributed by atoms with Crippen molar-refractivity contribution < 1.29 is 9.53 Å². The zero-order chi connectivity index (χ0) is 14.4. The zero-order valence-electron chi connectivity index (χ0n) is 11.2. The summed E-state index contributed by atoms with van der Waals surface area (Å²) in [5, 5.41) is 3.48. The van der Waals surface area contributed by atoms with E-state index in [4.69, 9.17) is 16.3 Å². The van der Waals surface area contributed by atoms with Crippen molar-refractivity contribution in [3.63, 3.8) is 0 Å². The van der Waals surface area contributed by atoms with Crippen LogP contribution in [0.3, 0.4) is 0 Å². The molecule has 0 radical (unpaired) electrons. The standard InChI is InChI=1S/C16H16ClNO2/c1-12(20-15-8-3-2-4-9-15)16(19)18-11-13-6-5-7-14(17)10-13/h2-10,12H,11H2,1H3,(H,18,19). The summed E-state index contributed by atoms with van der Waals surface area (Å²) < 4.78 is 5.55. The Labute approximate surface area is 123 Å². The van der Waals surface area contributed by atoms with Crippen LogP contribution in [0.25, 0.3) is 0 Å². The second kappa shape index (κ2) is 6.96. The first-order valence-corrected chi connectivity index (χ1v) is 6.77. The van der Waals surface area contributed by atoms with Crippen LogP contribution in [0.4, 0.5) is 0 Å². The predicted molar refractivity (Wildman–Crippen MR) is 79.8 cm³/mol. The maximum Gasteiger partial charge on any atom is 0.261 e. The second-order valence-electron chi connectivity index (χ2n) is 4.42. The second-order valence-corrected chi connectivity index (χ2v) is 4.86. The molecule has 0 aliphatic rings. The Bertz CT molecular complexity index is 572. The number of benzene rings is 2. The van der Waals surface area contributed by atoms with Crippen LogP contribution in [-0.4, -0.2) is 12.0 Å². The van der Waals surface area contributed by atoms with Crippen molar-refractivity contribution in [3.05, 3.63) is 65.2 Å². The predicted octanol–water partition coefficient (Wildman–Crippen LogP) is 3.42. The molecule has 104 valence electrons. The minimum absolute atomic E-state index is 0.158. The Morgan fingerprint density at radius 1 is 1.20 bits per heavy atom. The molecular weight excluding hydrogens is 274 g/mol. The smallest absolute Gasteiger partial charge is 0.261 e. The topological polar surface area (TPSA) is 38.3 Å². The van der Waals surface area contributed by atoms with Gasteiger partial charge >= 0.3 is 0 Å². The first kappa shape index (κ1) is 14.4. The van der Waals surface area contributed by atoms with Crippen LogP contribution in [0.5, 0.6) is 5.75 Å². The van der Waals surface area contributed by atoms with Gasteiger partial charge in [-0.25, -0.2) is 0 Å². The Morgan fingerprint density at radius 2 is 1.95 bits per heavy atom. The van der Waals surface area contributed by atoms with E-state index in [9.17, 15) is 4.79 Å². The highest BCUT2D eigenvalue weighted by Crippen LogP contribution is 2.12. The third kappa shape index (κ3) is 4.28. The van der Waals surface area contributed by atoms with E-state index < -0.39 is 6.10 Å².